The number of halogens is 2. The van der Waals surface area contributed by atoms with Crippen molar-refractivity contribution in [2.75, 3.05) is 51.6 Å². The summed E-state index contributed by atoms with van der Waals surface area (Å²) in [5, 5.41) is 2.02. The Morgan fingerprint density at radius 1 is 1.03 bits per heavy atom. The van der Waals surface area contributed by atoms with Gasteiger partial charge in [0.25, 0.3) is 0 Å². The van der Waals surface area contributed by atoms with Gasteiger partial charge in [-0.1, -0.05) is 59.6 Å². The van der Waals surface area contributed by atoms with Gasteiger partial charge >= 0.3 is 12.1 Å². The van der Waals surface area contributed by atoms with E-state index >= 15 is 4.39 Å². The number of amides is 1. The minimum absolute atomic E-state index is 0.00531. The quantitative estimate of drug-likeness (QED) is 0.0821. The monoisotopic (exact) mass is 894 g/mol. The Hall–Kier alpha value is -4.84. The third-order valence-corrected chi connectivity index (χ3v) is 20.5. The Balaban J connectivity index is 1.27. The van der Waals surface area contributed by atoms with E-state index in [1.54, 1.807) is 19.4 Å². The molecule has 4 aliphatic rings. The van der Waals surface area contributed by atoms with Crippen molar-refractivity contribution < 1.29 is 32.5 Å². The molecule has 342 valence electrons. The molecule has 4 fully saturated rings. The highest BCUT2D eigenvalue weighted by molar-refractivity contribution is 6.90. The number of carbonyl (C=O) groups excluding carboxylic acids is 1. The highest BCUT2D eigenvalue weighted by atomic mass is 28.3. The van der Waals surface area contributed by atoms with Crippen LogP contribution in [0.5, 0.6) is 11.8 Å². The average Bonchev–Trinajstić information content (AvgIpc) is 3.89. The lowest BCUT2D eigenvalue weighted by molar-refractivity contribution is 0.0122. The number of benzene rings is 2. The first kappa shape index (κ1) is 45.7. The Morgan fingerprint density at radius 3 is 2.41 bits per heavy atom. The number of pyridine rings is 1. The molecule has 1 unspecified atom stereocenters. The summed E-state index contributed by atoms with van der Waals surface area (Å²) in [6.07, 6.45) is 6.03. The van der Waals surface area contributed by atoms with Crippen LogP contribution in [0.25, 0.3) is 32.9 Å². The number of rotatable bonds is 11. The zero-order valence-corrected chi connectivity index (χ0v) is 40.2. The molecule has 0 radical (unpaired) electrons. The van der Waals surface area contributed by atoms with E-state index in [9.17, 15) is 9.18 Å². The van der Waals surface area contributed by atoms with Crippen molar-refractivity contribution in [3.05, 3.63) is 59.8 Å². The second-order valence-corrected chi connectivity index (χ2v) is 25.8. The fourth-order valence-electron chi connectivity index (χ4n) is 11.4. The van der Waals surface area contributed by atoms with Crippen LogP contribution in [0.2, 0.25) is 16.6 Å². The summed E-state index contributed by atoms with van der Waals surface area (Å²) >= 11 is 0. The van der Waals surface area contributed by atoms with Crippen molar-refractivity contribution in [3.63, 3.8) is 0 Å². The molecule has 11 nitrogen and oxygen atoms in total. The lowest BCUT2D eigenvalue weighted by Crippen LogP contribution is -2.57. The van der Waals surface area contributed by atoms with Crippen molar-refractivity contribution in [1.82, 2.24) is 24.8 Å². The topological polar surface area (TPSA) is 102 Å². The highest BCUT2D eigenvalue weighted by Gasteiger charge is 2.48. The molecule has 2 bridgehead atoms. The summed E-state index contributed by atoms with van der Waals surface area (Å²) in [6.45, 7) is 21.9. The number of carbonyl (C=O) groups is 1. The number of hydrogen-bond donors (Lipinski definition) is 0. The number of aromatic nitrogens is 3. The SMILES string of the molecule is COCOc1cc(-c2ncc3c(N4C[C@H]5CC[C@@H](C4)N5C(=O)OC(C)(C)C)nc(OCC45CCCN4CC(=CF)C5)nc3c2F)c2c(C#C[Si](C(C)C)(C(C)C)C(C)C)cccc2c1. The van der Waals surface area contributed by atoms with Crippen LogP contribution >= 0.6 is 0 Å². The van der Waals surface area contributed by atoms with Gasteiger partial charge < -0.3 is 23.8 Å². The van der Waals surface area contributed by atoms with Gasteiger partial charge in [-0.3, -0.25) is 14.8 Å². The third-order valence-electron chi connectivity index (χ3n) is 14.2. The maximum Gasteiger partial charge on any atom is 0.410 e. The molecule has 2 aromatic heterocycles. The zero-order valence-electron chi connectivity index (χ0n) is 39.2. The van der Waals surface area contributed by atoms with Crippen LogP contribution in [0.15, 0.2) is 48.4 Å². The van der Waals surface area contributed by atoms with Gasteiger partial charge in [-0.15, -0.1) is 5.54 Å². The zero-order chi connectivity index (χ0) is 45.7. The standard InChI is InChI=1S/C50H64F2N6O5Si/c1-31(2)64(32(3)4,33(5)6)20-17-35-13-11-14-36-21-39(62-30-60-10)22-40(42(35)36)44-43(52)45-41(25-53-44)46(56-27-37-15-16-38(28-56)58(37)48(59)63-49(7,8)9)55-47(54-45)61-29-50-18-12-19-57(50)26-34(23-50)24-51/h11,13-14,21-22,24-25,31-33,37-38H,12,15-16,18-19,23,26-30H2,1-10H3/t37-,38+,50?. The predicted octanol–water partition coefficient (Wildman–Crippen LogP) is 10.6. The van der Waals surface area contributed by atoms with Crippen LogP contribution in [-0.4, -0.2) is 109 Å². The van der Waals surface area contributed by atoms with E-state index in [1.807, 2.05) is 49.9 Å². The minimum Gasteiger partial charge on any atom is -0.468 e. The summed E-state index contributed by atoms with van der Waals surface area (Å²) in [7, 11) is -0.583. The number of methoxy groups -OCH3 is 1. The molecule has 2 aromatic carbocycles. The first-order chi connectivity index (χ1) is 30.5. The second kappa shape index (κ2) is 17.9. The maximum atomic E-state index is 17.9. The first-order valence-corrected chi connectivity index (χ1v) is 25.2. The fraction of sp³-hybridized carbons (Fsp3) is 0.560. The van der Waals surface area contributed by atoms with Crippen molar-refractivity contribution >= 4 is 41.7 Å². The van der Waals surface area contributed by atoms with Crippen molar-refractivity contribution in [2.24, 2.45) is 0 Å². The molecular formula is C50H64F2N6O5Si. The van der Waals surface area contributed by atoms with Gasteiger partial charge in [0.2, 0.25) is 0 Å². The smallest absolute Gasteiger partial charge is 0.410 e. The molecule has 14 heteroatoms. The normalized spacial score (nSPS) is 22.0. The van der Waals surface area contributed by atoms with E-state index in [2.05, 4.69) is 62.8 Å². The van der Waals surface area contributed by atoms with Crippen LogP contribution < -0.4 is 14.4 Å². The average molecular weight is 895 g/mol. The van der Waals surface area contributed by atoms with Crippen molar-refractivity contribution in [1.29, 1.82) is 0 Å². The molecule has 6 heterocycles. The number of anilines is 1. The molecule has 4 aliphatic heterocycles. The number of hydrogen-bond acceptors (Lipinski definition) is 10. The second-order valence-electron chi connectivity index (χ2n) is 20.2. The summed E-state index contributed by atoms with van der Waals surface area (Å²) < 4.78 is 55.4. The number of ether oxygens (including phenoxy) is 4. The molecule has 1 amide bonds. The molecule has 0 aliphatic carbocycles. The van der Waals surface area contributed by atoms with Gasteiger partial charge in [0.15, 0.2) is 12.6 Å². The van der Waals surface area contributed by atoms with E-state index in [-0.39, 0.29) is 48.8 Å². The highest BCUT2D eigenvalue weighted by Crippen LogP contribution is 2.45. The number of fused-ring (bicyclic) bond motifs is 5. The summed E-state index contributed by atoms with van der Waals surface area (Å²) in [5.74, 6) is 4.00. The van der Waals surface area contributed by atoms with Crippen LogP contribution in [0, 0.1) is 17.3 Å². The lowest BCUT2D eigenvalue weighted by atomic mass is 9.94. The van der Waals surface area contributed by atoms with Gasteiger partial charge in [0, 0.05) is 49.5 Å². The van der Waals surface area contributed by atoms with Crippen molar-refractivity contribution in [3.8, 4) is 34.5 Å². The molecule has 0 N–H and O–H groups in total. The van der Waals surface area contributed by atoms with Crippen LogP contribution in [0.1, 0.15) is 100.0 Å². The molecular weight excluding hydrogens is 831 g/mol. The fourth-order valence-corrected chi connectivity index (χ4v) is 16.6. The van der Waals surface area contributed by atoms with Gasteiger partial charge in [-0.2, -0.15) is 9.97 Å². The van der Waals surface area contributed by atoms with Gasteiger partial charge in [-0.25, -0.2) is 13.6 Å². The van der Waals surface area contributed by atoms with Gasteiger partial charge in [0.05, 0.1) is 29.3 Å². The Labute approximate surface area is 377 Å². The summed E-state index contributed by atoms with van der Waals surface area (Å²) in [6, 6.07) is 9.48. The predicted molar refractivity (Wildman–Crippen MR) is 251 cm³/mol. The van der Waals surface area contributed by atoms with Gasteiger partial charge in [0.1, 0.15) is 43.1 Å². The molecule has 4 aromatic rings. The molecule has 4 saturated heterocycles. The molecule has 64 heavy (non-hydrogen) atoms. The molecule has 3 atom stereocenters. The Bertz CT molecular complexity index is 2480. The lowest BCUT2D eigenvalue weighted by Gasteiger charge is -2.42. The Morgan fingerprint density at radius 2 is 1.75 bits per heavy atom. The minimum atomic E-state index is -2.14. The van der Waals surface area contributed by atoms with E-state index in [1.165, 1.54) is 0 Å². The maximum absolute atomic E-state index is 17.9. The molecule has 8 rings (SSSR count). The summed E-state index contributed by atoms with van der Waals surface area (Å²) in [5.41, 5.74) is 6.33. The van der Waals surface area contributed by atoms with E-state index in [4.69, 9.17) is 33.9 Å². The number of nitrogens with zero attached hydrogens (tertiary/aromatic N) is 6. The van der Waals surface area contributed by atoms with E-state index < -0.39 is 25.0 Å². The largest absolute Gasteiger partial charge is 0.468 e. The molecule has 0 spiro atoms. The molecule has 0 saturated carbocycles. The van der Waals surface area contributed by atoms with Crippen molar-refractivity contribution in [2.45, 2.75) is 134 Å². The van der Waals surface area contributed by atoms with Gasteiger partial charge in [-0.05, 0) is 105 Å². The van der Waals surface area contributed by atoms with Crippen LogP contribution in [-0.2, 0) is 9.47 Å². The number of piperazine rings is 1. The third kappa shape index (κ3) is 8.44. The van der Waals surface area contributed by atoms with Crippen LogP contribution in [0.4, 0.5) is 19.4 Å². The van der Waals surface area contributed by atoms with E-state index in [0.29, 0.717) is 71.5 Å². The first-order valence-electron chi connectivity index (χ1n) is 23.0. The summed E-state index contributed by atoms with van der Waals surface area (Å²) in [4.78, 5) is 34.4. The Kier molecular flexibility index (Phi) is 12.8. The van der Waals surface area contributed by atoms with Crippen LogP contribution in [0.3, 0.4) is 0 Å². The van der Waals surface area contributed by atoms with E-state index in [0.717, 1.165) is 54.1 Å².